The van der Waals surface area contributed by atoms with E-state index in [0.29, 0.717) is 5.69 Å². The van der Waals surface area contributed by atoms with Crippen molar-refractivity contribution >= 4 is 0 Å². The van der Waals surface area contributed by atoms with Gasteiger partial charge >= 0.3 is 0 Å². The van der Waals surface area contributed by atoms with Crippen LogP contribution < -0.4 is 5.73 Å². The number of rotatable bonds is 1. The first-order valence-corrected chi connectivity index (χ1v) is 5.76. The van der Waals surface area contributed by atoms with Crippen LogP contribution in [0.3, 0.4) is 0 Å². The van der Waals surface area contributed by atoms with Gasteiger partial charge < -0.3 is 5.73 Å². The first kappa shape index (κ1) is 12.2. The monoisotopic (exact) mass is 238 g/mol. The largest absolute Gasteiger partial charge is 0.320 e. The molecule has 18 heavy (non-hydrogen) atoms. The molecule has 1 saturated carbocycles. The minimum atomic E-state index is -0.0682. The van der Waals surface area contributed by atoms with Crippen LogP contribution in [0.2, 0.25) is 0 Å². The summed E-state index contributed by atoms with van der Waals surface area (Å²) in [6, 6.07) is 13.0. The molecule has 2 aromatic rings. The van der Waals surface area contributed by atoms with E-state index < -0.39 is 0 Å². The Bertz CT molecular complexity index is 527. The maximum atomic E-state index is 8.23. The number of pyridine rings is 2. The summed E-state index contributed by atoms with van der Waals surface area (Å²) < 4.78 is 0. The smallest absolute Gasteiger partial charge is 0.140 e. The van der Waals surface area contributed by atoms with Gasteiger partial charge in [-0.25, -0.2) is 4.98 Å². The van der Waals surface area contributed by atoms with Gasteiger partial charge in [0.25, 0.3) is 0 Å². The van der Waals surface area contributed by atoms with Gasteiger partial charge in [0.1, 0.15) is 11.8 Å². The predicted molar refractivity (Wildman–Crippen MR) is 68.3 cm³/mol. The third kappa shape index (κ3) is 3.12. The van der Waals surface area contributed by atoms with Crippen LogP contribution in [0.5, 0.6) is 0 Å². The third-order valence-electron chi connectivity index (χ3n) is 2.74. The summed E-state index contributed by atoms with van der Waals surface area (Å²) in [5.74, 6) is 0. The van der Waals surface area contributed by atoms with Gasteiger partial charge in [-0.05, 0) is 37.1 Å². The van der Waals surface area contributed by atoms with Crippen LogP contribution in [-0.2, 0) is 5.54 Å². The average molecular weight is 238 g/mol. The lowest BCUT2D eigenvalue weighted by molar-refractivity contribution is 0.708. The summed E-state index contributed by atoms with van der Waals surface area (Å²) in [5.41, 5.74) is 7.34. The van der Waals surface area contributed by atoms with Crippen LogP contribution in [0.1, 0.15) is 24.2 Å². The molecule has 0 aromatic carbocycles. The fourth-order valence-corrected chi connectivity index (χ4v) is 1.48. The van der Waals surface area contributed by atoms with Gasteiger partial charge in [0.05, 0.1) is 11.2 Å². The van der Waals surface area contributed by atoms with Gasteiger partial charge in [-0.1, -0.05) is 12.1 Å². The molecule has 1 aliphatic rings. The lowest BCUT2D eigenvalue weighted by Gasteiger charge is -2.05. The van der Waals surface area contributed by atoms with Gasteiger partial charge in [0.15, 0.2) is 0 Å². The quantitative estimate of drug-likeness (QED) is 0.824. The van der Waals surface area contributed by atoms with E-state index in [9.17, 15) is 0 Å². The number of hydrogen-bond acceptors (Lipinski definition) is 4. The van der Waals surface area contributed by atoms with Gasteiger partial charge in [-0.2, -0.15) is 5.26 Å². The number of nitriles is 1. The molecule has 0 amide bonds. The summed E-state index contributed by atoms with van der Waals surface area (Å²) in [6.07, 6.45) is 5.56. The van der Waals surface area contributed by atoms with E-state index in [4.69, 9.17) is 11.0 Å². The van der Waals surface area contributed by atoms with Crippen molar-refractivity contribution in [1.82, 2.24) is 9.97 Å². The van der Waals surface area contributed by atoms with E-state index in [-0.39, 0.29) is 5.54 Å². The zero-order valence-corrected chi connectivity index (χ0v) is 9.95. The highest BCUT2D eigenvalue weighted by Crippen LogP contribution is 2.41. The highest BCUT2D eigenvalue weighted by Gasteiger charge is 2.41. The van der Waals surface area contributed by atoms with Gasteiger partial charge in [-0.3, -0.25) is 4.98 Å². The standard InChI is InChI=1S/C8H10N2.C6H4N2/c9-8(4-5-8)7-3-1-2-6-10-7;7-5-6-3-1-2-4-8-6/h1-3,6H,4-5,9H2;1-4H. The van der Waals surface area contributed by atoms with Crippen LogP contribution in [0.4, 0.5) is 0 Å². The zero-order valence-electron chi connectivity index (χ0n) is 9.95. The number of hydrogen-bond donors (Lipinski definition) is 1. The lowest BCUT2D eigenvalue weighted by Crippen LogP contribution is -2.19. The highest BCUT2D eigenvalue weighted by atomic mass is 14.9. The minimum Gasteiger partial charge on any atom is -0.320 e. The zero-order chi connectivity index (χ0) is 12.8. The van der Waals surface area contributed by atoms with Crippen molar-refractivity contribution in [3.8, 4) is 6.07 Å². The maximum Gasteiger partial charge on any atom is 0.140 e. The topological polar surface area (TPSA) is 75.6 Å². The molecule has 0 saturated heterocycles. The molecule has 0 aliphatic heterocycles. The number of aromatic nitrogens is 2. The molecule has 2 aromatic heterocycles. The van der Waals surface area contributed by atoms with Crippen LogP contribution in [-0.4, -0.2) is 9.97 Å². The SMILES string of the molecule is N#Cc1ccccn1.NC1(c2ccccn2)CC1. The second kappa shape index (κ2) is 5.39. The van der Waals surface area contributed by atoms with E-state index in [1.165, 1.54) is 0 Å². The number of nitrogens with two attached hydrogens (primary N) is 1. The third-order valence-corrected chi connectivity index (χ3v) is 2.74. The number of nitrogens with zero attached hydrogens (tertiary/aromatic N) is 3. The fraction of sp³-hybridized carbons (Fsp3) is 0.214. The molecule has 0 atom stereocenters. The van der Waals surface area contributed by atoms with Crippen molar-refractivity contribution in [2.75, 3.05) is 0 Å². The summed E-state index contributed by atoms with van der Waals surface area (Å²) in [7, 11) is 0. The summed E-state index contributed by atoms with van der Waals surface area (Å²) in [4.78, 5) is 7.92. The molecule has 4 nitrogen and oxygen atoms in total. The van der Waals surface area contributed by atoms with Gasteiger partial charge in [0.2, 0.25) is 0 Å². The van der Waals surface area contributed by atoms with Crippen LogP contribution in [0, 0.1) is 11.3 Å². The van der Waals surface area contributed by atoms with E-state index in [1.807, 2.05) is 24.3 Å². The molecule has 0 bridgehead atoms. The summed E-state index contributed by atoms with van der Waals surface area (Å²) in [6.45, 7) is 0. The van der Waals surface area contributed by atoms with Gasteiger partial charge in [-0.15, -0.1) is 0 Å². The van der Waals surface area contributed by atoms with Crippen molar-refractivity contribution in [3.05, 3.63) is 60.2 Å². The molecule has 3 rings (SSSR count). The van der Waals surface area contributed by atoms with E-state index in [2.05, 4.69) is 9.97 Å². The van der Waals surface area contributed by atoms with Crippen LogP contribution in [0.25, 0.3) is 0 Å². The minimum absolute atomic E-state index is 0.0682. The average Bonchev–Trinajstić information content (AvgIpc) is 3.21. The summed E-state index contributed by atoms with van der Waals surface area (Å²) >= 11 is 0. The molecule has 1 aliphatic carbocycles. The Hall–Kier alpha value is -2.25. The first-order valence-electron chi connectivity index (χ1n) is 5.76. The fourth-order valence-electron chi connectivity index (χ4n) is 1.48. The van der Waals surface area contributed by atoms with E-state index >= 15 is 0 Å². The predicted octanol–water partition coefficient (Wildman–Crippen LogP) is 1.98. The van der Waals surface area contributed by atoms with Crippen molar-refractivity contribution < 1.29 is 0 Å². The Labute approximate surface area is 106 Å². The van der Waals surface area contributed by atoms with Crippen LogP contribution >= 0.6 is 0 Å². The second-order valence-electron chi connectivity index (χ2n) is 4.20. The normalized spacial score (nSPS) is 14.9. The van der Waals surface area contributed by atoms with Crippen molar-refractivity contribution in [1.29, 1.82) is 5.26 Å². The Morgan fingerprint density at radius 1 is 1.06 bits per heavy atom. The van der Waals surface area contributed by atoms with Crippen LogP contribution in [0.15, 0.2) is 48.8 Å². The van der Waals surface area contributed by atoms with E-state index in [0.717, 1.165) is 18.5 Å². The summed E-state index contributed by atoms with van der Waals surface area (Å²) in [5, 5.41) is 8.23. The molecule has 4 heteroatoms. The molecule has 2 heterocycles. The Balaban J connectivity index is 0.000000138. The Kier molecular flexibility index (Phi) is 3.66. The molecule has 2 N–H and O–H groups in total. The highest BCUT2D eigenvalue weighted by molar-refractivity contribution is 5.21. The van der Waals surface area contributed by atoms with Crippen molar-refractivity contribution in [2.45, 2.75) is 18.4 Å². The molecule has 1 fully saturated rings. The molecule has 90 valence electrons. The lowest BCUT2D eigenvalue weighted by atomic mass is 10.2. The molecule has 0 unspecified atom stereocenters. The molecule has 0 spiro atoms. The van der Waals surface area contributed by atoms with Gasteiger partial charge in [0, 0.05) is 12.4 Å². The molecular formula is C14H14N4. The maximum absolute atomic E-state index is 8.23. The second-order valence-corrected chi connectivity index (χ2v) is 4.20. The van der Waals surface area contributed by atoms with Crippen molar-refractivity contribution in [2.24, 2.45) is 5.73 Å². The van der Waals surface area contributed by atoms with Crippen molar-refractivity contribution in [3.63, 3.8) is 0 Å². The molecular weight excluding hydrogens is 224 g/mol. The Morgan fingerprint density at radius 3 is 2.11 bits per heavy atom. The first-order chi connectivity index (χ1) is 8.74. The Morgan fingerprint density at radius 2 is 1.72 bits per heavy atom. The van der Waals surface area contributed by atoms with E-state index in [1.54, 1.807) is 30.6 Å². The molecule has 0 radical (unpaired) electrons.